The van der Waals surface area contributed by atoms with Gasteiger partial charge >= 0.3 is 0 Å². The molecule has 2 rings (SSSR count). The topological polar surface area (TPSA) is 47.4 Å². The maximum atomic E-state index is 12.3. The fourth-order valence-corrected chi connectivity index (χ4v) is 3.57. The van der Waals surface area contributed by atoms with Crippen molar-refractivity contribution >= 4 is 11.7 Å². The summed E-state index contributed by atoms with van der Waals surface area (Å²) in [6, 6.07) is 0.811. The maximum absolute atomic E-state index is 12.3. The number of likely N-dealkylation sites (tertiary alicyclic amines) is 1. The Morgan fingerprint density at radius 2 is 1.95 bits per heavy atom. The van der Waals surface area contributed by atoms with Crippen molar-refractivity contribution < 1.29 is 4.79 Å². The molecule has 2 fully saturated rings. The van der Waals surface area contributed by atoms with Crippen LogP contribution in [0.25, 0.3) is 0 Å². The van der Waals surface area contributed by atoms with Gasteiger partial charge in [-0.05, 0) is 50.5 Å². The van der Waals surface area contributed by atoms with Gasteiger partial charge in [0.2, 0.25) is 5.91 Å². The summed E-state index contributed by atoms with van der Waals surface area (Å²) in [5.74, 6) is 0.999. The van der Waals surface area contributed by atoms with Crippen molar-refractivity contribution in [1.29, 1.82) is 5.41 Å². The molecule has 1 amide bonds. The van der Waals surface area contributed by atoms with Crippen molar-refractivity contribution in [3.05, 3.63) is 0 Å². The Kier molecular flexibility index (Phi) is 5.07. The summed E-state index contributed by atoms with van der Waals surface area (Å²) < 4.78 is 0. The smallest absolute Gasteiger partial charge is 0.228 e. The lowest BCUT2D eigenvalue weighted by Crippen LogP contribution is -2.49. The average Bonchev–Trinajstić information content (AvgIpc) is 2.35. The second-order valence-corrected chi connectivity index (χ2v) is 7.62. The number of amidine groups is 1. The minimum atomic E-state index is 0.0171. The Balaban J connectivity index is 1.94. The van der Waals surface area contributed by atoms with Crippen molar-refractivity contribution in [2.75, 3.05) is 20.1 Å². The fraction of sp³-hybridized carbons (Fsp3) is 0.882. The van der Waals surface area contributed by atoms with E-state index in [9.17, 15) is 4.79 Å². The zero-order valence-corrected chi connectivity index (χ0v) is 14.1. The largest absolute Gasteiger partial charge is 0.304 e. The second-order valence-electron chi connectivity index (χ2n) is 7.62. The van der Waals surface area contributed by atoms with Crippen molar-refractivity contribution in [3.8, 4) is 0 Å². The summed E-state index contributed by atoms with van der Waals surface area (Å²) in [7, 11) is 1.71. The lowest BCUT2D eigenvalue weighted by atomic mass is 9.71. The molecule has 1 aliphatic heterocycles. The normalized spacial score (nSPS) is 24.5. The highest BCUT2D eigenvalue weighted by atomic mass is 16.2. The molecule has 4 heteroatoms. The number of carbonyl (C=O) groups excluding carboxylic acids is 1. The Labute approximate surface area is 129 Å². The summed E-state index contributed by atoms with van der Waals surface area (Å²) >= 11 is 0. The zero-order valence-electron chi connectivity index (χ0n) is 14.1. The first-order valence-corrected chi connectivity index (χ1v) is 8.37. The van der Waals surface area contributed by atoms with Crippen molar-refractivity contribution in [1.82, 2.24) is 9.80 Å². The molecule has 1 atom stereocenters. The Morgan fingerprint density at radius 3 is 2.48 bits per heavy atom. The molecular weight excluding hydrogens is 262 g/mol. The highest BCUT2D eigenvalue weighted by Gasteiger charge is 2.38. The van der Waals surface area contributed by atoms with Gasteiger partial charge in [0.05, 0.1) is 5.84 Å². The number of carbonyl (C=O) groups is 1. The van der Waals surface area contributed by atoms with Gasteiger partial charge < -0.3 is 9.80 Å². The lowest BCUT2D eigenvalue weighted by Gasteiger charge is -2.46. The predicted molar refractivity (Wildman–Crippen MR) is 86.5 cm³/mol. The van der Waals surface area contributed by atoms with Gasteiger partial charge in [0.1, 0.15) is 0 Å². The third kappa shape index (κ3) is 3.85. The first-order valence-electron chi connectivity index (χ1n) is 8.37. The molecule has 120 valence electrons. The van der Waals surface area contributed by atoms with Crippen LogP contribution >= 0.6 is 0 Å². The van der Waals surface area contributed by atoms with Crippen LogP contribution in [0, 0.1) is 16.7 Å². The Bertz CT molecular complexity index is 401. The molecule has 4 nitrogen and oxygen atoms in total. The molecule has 1 saturated heterocycles. The first-order chi connectivity index (χ1) is 9.81. The number of nitrogens with zero attached hydrogens (tertiary/aromatic N) is 2. The molecule has 0 aromatic rings. The fourth-order valence-electron chi connectivity index (χ4n) is 3.57. The van der Waals surface area contributed by atoms with Gasteiger partial charge in [0.25, 0.3) is 0 Å². The zero-order chi connectivity index (χ0) is 15.6. The average molecular weight is 293 g/mol. The Morgan fingerprint density at radius 1 is 1.29 bits per heavy atom. The van der Waals surface area contributed by atoms with Crippen LogP contribution in [-0.2, 0) is 4.79 Å². The molecule has 1 aliphatic carbocycles. The van der Waals surface area contributed by atoms with Gasteiger partial charge in [0, 0.05) is 26.1 Å². The minimum Gasteiger partial charge on any atom is -0.304 e. The van der Waals surface area contributed by atoms with Crippen molar-refractivity contribution in [2.45, 2.75) is 65.3 Å². The molecule has 1 heterocycles. The van der Waals surface area contributed by atoms with Gasteiger partial charge in [-0.25, -0.2) is 0 Å². The number of nitrogens with one attached hydrogen (secondary N) is 1. The van der Waals surface area contributed by atoms with Gasteiger partial charge in [-0.1, -0.05) is 20.3 Å². The molecule has 0 radical (unpaired) electrons. The predicted octanol–water partition coefficient (Wildman–Crippen LogP) is 3.12. The number of hydrogen-bond acceptors (Lipinski definition) is 3. The van der Waals surface area contributed by atoms with Crippen LogP contribution in [0.2, 0.25) is 0 Å². The van der Waals surface area contributed by atoms with Gasteiger partial charge in [0.15, 0.2) is 0 Å². The summed E-state index contributed by atoms with van der Waals surface area (Å²) in [6.07, 6.45) is 7.15. The molecule has 1 unspecified atom stereocenters. The van der Waals surface area contributed by atoms with E-state index in [0.29, 0.717) is 18.2 Å². The number of amides is 1. The monoisotopic (exact) mass is 293 g/mol. The highest BCUT2D eigenvalue weighted by molar-refractivity contribution is 5.95. The Hall–Kier alpha value is -0.900. The summed E-state index contributed by atoms with van der Waals surface area (Å²) in [5, 5.41) is 7.60. The highest BCUT2D eigenvalue weighted by Crippen LogP contribution is 2.39. The van der Waals surface area contributed by atoms with E-state index < -0.39 is 0 Å². The van der Waals surface area contributed by atoms with Crippen LogP contribution < -0.4 is 0 Å². The minimum absolute atomic E-state index is 0.0171. The van der Waals surface area contributed by atoms with Crippen LogP contribution in [0.5, 0.6) is 0 Å². The van der Waals surface area contributed by atoms with Crippen LogP contribution in [0.15, 0.2) is 0 Å². The molecular formula is C17H31N3O. The lowest BCUT2D eigenvalue weighted by molar-refractivity contribution is -0.129. The number of rotatable bonds is 4. The van der Waals surface area contributed by atoms with Gasteiger partial charge in [-0.15, -0.1) is 0 Å². The van der Waals surface area contributed by atoms with Gasteiger partial charge in [-0.2, -0.15) is 0 Å². The van der Waals surface area contributed by atoms with Crippen LogP contribution in [0.4, 0.5) is 0 Å². The van der Waals surface area contributed by atoms with E-state index in [2.05, 4.69) is 18.7 Å². The number of piperidine rings is 1. The molecule has 1 saturated carbocycles. The first kappa shape index (κ1) is 16.5. The molecule has 21 heavy (non-hydrogen) atoms. The van der Waals surface area contributed by atoms with Crippen molar-refractivity contribution in [3.63, 3.8) is 0 Å². The second kappa shape index (κ2) is 6.47. The van der Waals surface area contributed by atoms with Crippen LogP contribution in [0.1, 0.15) is 59.3 Å². The van der Waals surface area contributed by atoms with Gasteiger partial charge in [-0.3, -0.25) is 10.2 Å². The maximum Gasteiger partial charge on any atom is 0.228 e. The molecule has 2 aliphatic rings. The standard InChI is InChI=1S/C17H31N3O/c1-13(18)19(4)16(21)11-17(2,3)14-7-6-10-20(12-14)15-8-5-9-15/h14-15,18H,5-12H2,1-4H3. The third-order valence-corrected chi connectivity index (χ3v) is 5.63. The van der Waals surface area contributed by atoms with E-state index in [4.69, 9.17) is 5.41 Å². The molecule has 0 bridgehead atoms. The van der Waals surface area contributed by atoms with E-state index in [1.165, 1.54) is 43.5 Å². The molecule has 1 N–H and O–H groups in total. The van der Waals surface area contributed by atoms with E-state index in [0.717, 1.165) is 12.6 Å². The summed E-state index contributed by atoms with van der Waals surface area (Å²) in [5.41, 5.74) is 0.0171. The SMILES string of the molecule is CC(=N)N(C)C(=O)CC(C)(C)C1CCCN(C2CCC2)C1. The molecule has 0 aromatic heterocycles. The van der Waals surface area contributed by atoms with E-state index in [1.807, 2.05) is 0 Å². The third-order valence-electron chi connectivity index (χ3n) is 5.63. The molecule has 0 spiro atoms. The molecule has 0 aromatic carbocycles. The van der Waals surface area contributed by atoms with Crippen molar-refractivity contribution in [2.24, 2.45) is 11.3 Å². The quantitative estimate of drug-likeness (QED) is 0.639. The van der Waals surface area contributed by atoms with E-state index in [1.54, 1.807) is 14.0 Å². The van der Waals surface area contributed by atoms with E-state index >= 15 is 0 Å². The summed E-state index contributed by atoms with van der Waals surface area (Å²) in [4.78, 5) is 16.4. The number of hydrogen-bond donors (Lipinski definition) is 1. The van der Waals surface area contributed by atoms with Crippen LogP contribution in [-0.4, -0.2) is 47.7 Å². The summed E-state index contributed by atoms with van der Waals surface area (Å²) in [6.45, 7) is 8.52. The van der Waals surface area contributed by atoms with Crippen LogP contribution in [0.3, 0.4) is 0 Å². The van der Waals surface area contributed by atoms with E-state index in [-0.39, 0.29) is 11.3 Å².